The highest BCUT2D eigenvalue weighted by Gasteiger charge is 2.20. The normalized spacial score (nSPS) is 11.3. The molecule has 3 rings (SSSR count). The van der Waals surface area contributed by atoms with Gasteiger partial charge < -0.3 is 53.3 Å². The second-order valence-electron chi connectivity index (χ2n) is 4.33. The van der Waals surface area contributed by atoms with E-state index >= 15 is 0 Å². The summed E-state index contributed by atoms with van der Waals surface area (Å²) in [5.41, 5.74) is 2.40. The van der Waals surface area contributed by atoms with Gasteiger partial charge in [0.05, 0.1) is 10.6 Å². The Morgan fingerprint density at radius 2 is 1.55 bits per heavy atom. The topological polar surface area (TPSA) is 19.8 Å². The second-order valence-corrected chi connectivity index (χ2v) is 5.42. The molecule has 20 heavy (non-hydrogen) atoms. The maximum absolute atomic E-state index is 3.51. The second kappa shape index (κ2) is 7.79. The van der Waals surface area contributed by atoms with E-state index in [1.807, 2.05) is 11.8 Å². The molecule has 2 aromatic heterocycles. The molecule has 0 unspecified atom stereocenters. The molecule has 0 saturated heterocycles. The molecule has 0 amide bonds. The van der Waals surface area contributed by atoms with Crippen molar-refractivity contribution in [2.45, 2.75) is 36.7 Å². The predicted octanol–water partition coefficient (Wildman–Crippen LogP) is -3.48. The SMILES string of the molecule is CC[n+]1ccc2c(c1)Nc1cc[n+](CC)cc1S2.[I-].[I-]. The first kappa shape index (κ1) is 18.0. The number of hydrogen-bond donors (Lipinski definition) is 1. The summed E-state index contributed by atoms with van der Waals surface area (Å²) in [6, 6.07) is 4.33. The minimum atomic E-state index is 0. The Hall–Kier alpha value is -0.0900. The zero-order valence-corrected chi connectivity index (χ0v) is 16.6. The summed E-state index contributed by atoms with van der Waals surface area (Å²) in [4.78, 5) is 2.59. The minimum absolute atomic E-state index is 0. The number of nitrogens with one attached hydrogen (secondary N) is 1. The number of rotatable bonds is 2. The van der Waals surface area contributed by atoms with Gasteiger partial charge in [-0.05, 0) is 13.8 Å². The van der Waals surface area contributed by atoms with Gasteiger partial charge in [-0.2, -0.15) is 0 Å². The van der Waals surface area contributed by atoms with Crippen LogP contribution in [0.3, 0.4) is 0 Å². The summed E-state index contributed by atoms with van der Waals surface area (Å²) >= 11 is 1.83. The van der Waals surface area contributed by atoms with E-state index in [4.69, 9.17) is 0 Å². The minimum Gasteiger partial charge on any atom is -1.00 e. The van der Waals surface area contributed by atoms with Gasteiger partial charge in [-0.15, -0.1) is 0 Å². The molecule has 3 heterocycles. The number of pyridine rings is 2. The van der Waals surface area contributed by atoms with Gasteiger partial charge in [0.1, 0.15) is 18.8 Å². The lowest BCUT2D eigenvalue weighted by atomic mass is 10.3. The van der Waals surface area contributed by atoms with Crippen molar-refractivity contribution < 1.29 is 57.1 Å². The molecule has 1 aliphatic heterocycles. The molecule has 1 N–H and O–H groups in total. The van der Waals surface area contributed by atoms with Crippen LogP contribution >= 0.6 is 11.8 Å². The molecule has 2 aromatic rings. The van der Waals surface area contributed by atoms with Crippen LogP contribution in [0.2, 0.25) is 0 Å². The molecule has 0 aliphatic carbocycles. The highest BCUT2D eigenvalue weighted by atomic mass is 127. The van der Waals surface area contributed by atoms with E-state index in [9.17, 15) is 0 Å². The van der Waals surface area contributed by atoms with Crippen LogP contribution in [-0.4, -0.2) is 0 Å². The summed E-state index contributed by atoms with van der Waals surface area (Å²) < 4.78 is 4.39. The van der Waals surface area contributed by atoms with Crippen molar-refractivity contribution in [2.24, 2.45) is 0 Å². The lowest BCUT2D eigenvalue weighted by Gasteiger charge is -2.17. The monoisotopic (exact) mass is 513 g/mol. The third-order valence-electron chi connectivity index (χ3n) is 3.18. The van der Waals surface area contributed by atoms with Gasteiger partial charge in [0.25, 0.3) is 0 Å². The Bertz CT molecular complexity index is 551. The first-order valence-corrected chi connectivity index (χ1v) is 7.13. The summed E-state index contributed by atoms with van der Waals surface area (Å²) in [7, 11) is 0. The summed E-state index contributed by atoms with van der Waals surface area (Å²) in [5, 5.41) is 3.51. The van der Waals surface area contributed by atoms with Crippen LogP contribution < -0.4 is 62.4 Å². The molecule has 6 heteroatoms. The summed E-state index contributed by atoms with van der Waals surface area (Å²) in [6.07, 6.45) is 8.63. The van der Waals surface area contributed by atoms with Crippen LogP contribution in [0.15, 0.2) is 46.7 Å². The van der Waals surface area contributed by atoms with E-state index in [-0.39, 0.29) is 48.0 Å². The number of aryl methyl sites for hydroxylation is 2. The van der Waals surface area contributed by atoms with Crippen LogP contribution in [0.5, 0.6) is 0 Å². The Balaban J connectivity index is 0.000001000. The van der Waals surface area contributed by atoms with E-state index in [1.54, 1.807) is 0 Å². The lowest BCUT2D eigenvalue weighted by Crippen LogP contribution is -3.00. The highest BCUT2D eigenvalue weighted by Crippen LogP contribution is 2.42. The Morgan fingerprint density at radius 1 is 0.900 bits per heavy atom. The van der Waals surface area contributed by atoms with Crippen LogP contribution in [0.1, 0.15) is 13.8 Å². The van der Waals surface area contributed by atoms with Crippen LogP contribution in [0.25, 0.3) is 0 Å². The smallest absolute Gasteiger partial charge is 0.193 e. The Kier molecular flexibility index (Phi) is 6.99. The van der Waals surface area contributed by atoms with Crippen LogP contribution in [0.4, 0.5) is 11.4 Å². The molecule has 0 atom stereocenters. The molecule has 1 aliphatic rings. The van der Waals surface area contributed by atoms with Crippen LogP contribution in [0, 0.1) is 0 Å². The quantitative estimate of drug-likeness (QED) is 0.284. The van der Waals surface area contributed by atoms with Gasteiger partial charge in [0, 0.05) is 17.0 Å². The average Bonchev–Trinajstić information content (AvgIpc) is 2.43. The summed E-state index contributed by atoms with van der Waals surface area (Å²) in [6.45, 7) is 6.31. The van der Waals surface area contributed by atoms with E-state index in [2.05, 4.69) is 65.2 Å². The third kappa shape index (κ3) is 3.56. The molecule has 0 radical (unpaired) electrons. The fraction of sp³-hybridized carbons (Fsp3) is 0.286. The van der Waals surface area contributed by atoms with Crippen molar-refractivity contribution in [3.63, 3.8) is 0 Å². The fourth-order valence-corrected chi connectivity index (χ4v) is 3.06. The van der Waals surface area contributed by atoms with Crippen molar-refractivity contribution in [1.29, 1.82) is 0 Å². The largest absolute Gasteiger partial charge is 1.00 e. The van der Waals surface area contributed by atoms with Gasteiger partial charge in [0.15, 0.2) is 24.8 Å². The number of hydrogen-bond acceptors (Lipinski definition) is 2. The number of fused-ring (bicyclic) bond motifs is 2. The lowest BCUT2D eigenvalue weighted by molar-refractivity contribution is -0.695. The molecular formula is C14H17I2N3S. The molecule has 0 bridgehead atoms. The van der Waals surface area contributed by atoms with Gasteiger partial charge in [-0.25, -0.2) is 9.13 Å². The highest BCUT2D eigenvalue weighted by molar-refractivity contribution is 7.99. The standard InChI is InChI=1S/C14H16N3S.2HI/c1-3-16-8-6-13-12(9-16)15-11-5-7-17(4-2)10-14(11)18-13;;/h5-10H,3-4H2,1-2H3;2*1H/q+1;;/p-1. The van der Waals surface area contributed by atoms with Gasteiger partial charge >= 0.3 is 0 Å². The first-order chi connectivity index (χ1) is 8.80. The van der Waals surface area contributed by atoms with E-state index in [1.165, 1.54) is 21.2 Å². The molecule has 0 spiro atoms. The van der Waals surface area contributed by atoms with Crippen molar-refractivity contribution in [3.8, 4) is 0 Å². The zero-order valence-electron chi connectivity index (χ0n) is 11.4. The molecule has 3 nitrogen and oxygen atoms in total. The predicted molar refractivity (Wildman–Crippen MR) is 72.0 cm³/mol. The van der Waals surface area contributed by atoms with Crippen molar-refractivity contribution in [3.05, 3.63) is 36.9 Å². The van der Waals surface area contributed by atoms with Gasteiger partial charge in [0.2, 0.25) is 0 Å². The molecular weight excluding hydrogens is 496 g/mol. The van der Waals surface area contributed by atoms with E-state index in [0.717, 1.165) is 13.1 Å². The fourth-order valence-electron chi connectivity index (χ4n) is 2.07. The van der Waals surface area contributed by atoms with Crippen molar-refractivity contribution in [1.82, 2.24) is 0 Å². The van der Waals surface area contributed by atoms with E-state index in [0.29, 0.717) is 0 Å². The molecule has 108 valence electrons. The maximum atomic E-state index is 3.51. The zero-order chi connectivity index (χ0) is 12.5. The van der Waals surface area contributed by atoms with Crippen molar-refractivity contribution in [2.75, 3.05) is 5.32 Å². The van der Waals surface area contributed by atoms with Gasteiger partial charge in [-0.3, -0.25) is 0 Å². The average molecular weight is 513 g/mol. The van der Waals surface area contributed by atoms with Gasteiger partial charge in [-0.1, -0.05) is 11.8 Å². The third-order valence-corrected chi connectivity index (χ3v) is 4.30. The molecule has 0 aromatic carbocycles. The van der Waals surface area contributed by atoms with E-state index < -0.39 is 0 Å². The van der Waals surface area contributed by atoms with Crippen molar-refractivity contribution >= 4 is 23.1 Å². The Labute approximate surface area is 158 Å². The first-order valence-electron chi connectivity index (χ1n) is 6.31. The van der Waals surface area contributed by atoms with Crippen LogP contribution in [-0.2, 0) is 13.1 Å². The number of aromatic nitrogens is 2. The molecule has 0 fully saturated rings. The number of nitrogens with zero attached hydrogens (tertiary/aromatic N) is 2. The Morgan fingerprint density at radius 3 is 2.25 bits per heavy atom. The number of anilines is 2. The number of halogens is 2. The summed E-state index contributed by atoms with van der Waals surface area (Å²) in [5.74, 6) is 0. The maximum Gasteiger partial charge on any atom is 0.193 e. The molecule has 0 saturated carbocycles.